The summed E-state index contributed by atoms with van der Waals surface area (Å²) in [6, 6.07) is 9.13. The van der Waals surface area contributed by atoms with Crippen molar-refractivity contribution < 1.29 is 9.59 Å². The minimum Gasteiger partial charge on any atom is -0.357 e. The average molecular weight is 560 g/mol. The number of nitrogens with zero attached hydrogens (tertiary/aromatic N) is 7. The van der Waals surface area contributed by atoms with Gasteiger partial charge in [0.2, 0.25) is 11.9 Å². The van der Waals surface area contributed by atoms with Crippen molar-refractivity contribution in [2.75, 3.05) is 30.4 Å². The molecule has 4 aromatic rings. The highest BCUT2D eigenvalue weighted by atomic mass is 35.5. The van der Waals surface area contributed by atoms with E-state index in [1.807, 2.05) is 40.8 Å². The van der Waals surface area contributed by atoms with Crippen molar-refractivity contribution in [1.29, 1.82) is 0 Å². The molecule has 1 aromatic carbocycles. The molecule has 0 spiro atoms. The first-order valence-electron chi connectivity index (χ1n) is 13.2. The third kappa shape index (κ3) is 4.66. The van der Waals surface area contributed by atoms with E-state index in [0.717, 1.165) is 42.5 Å². The molecule has 1 fully saturated rings. The van der Waals surface area contributed by atoms with E-state index in [9.17, 15) is 9.59 Å². The number of aromatic amines is 1. The number of aromatic nitrogens is 5. The molecule has 2 aliphatic rings. The minimum atomic E-state index is -0.237. The Morgan fingerprint density at radius 2 is 1.98 bits per heavy atom. The van der Waals surface area contributed by atoms with E-state index in [2.05, 4.69) is 26.8 Å². The Bertz CT molecular complexity index is 1640. The van der Waals surface area contributed by atoms with E-state index in [1.54, 1.807) is 24.2 Å². The Hall–Kier alpha value is -4.38. The van der Waals surface area contributed by atoms with Gasteiger partial charge in [0.15, 0.2) is 5.82 Å². The van der Waals surface area contributed by atoms with Crippen LogP contribution in [0.5, 0.6) is 0 Å². The number of rotatable bonds is 7. The summed E-state index contributed by atoms with van der Waals surface area (Å²) in [6.07, 6.45) is 4.64. The lowest BCUT2D eigenvalue weighted by Crippen LogP contribution is -2.44. The van der Waals surface area contributed by atoms with Crippen LogP contribution in [0.4, 0.5) is 22.4 Å². The van der Waals surface area contributed by atoms with Crippen LogP contribution < -0.4 is 10.2 Å². The predicted molar refractivity (Wildman–Crippen MR) is 154 cm³/mol. The Labute approximate surface area is 236 Å². The molecule has 206 valence electrons. The smallest absolute Gasteiger partial charge is 0.330 e. The third-order valence-electron chi connectivity index (χ3n) is 7.47. The molecule has 0 unspecified atom stereocenters. The highest BCUT2D eigenvalue weighted by molar-refractivity contribution is 6.35. The molecular weight excluding hydrogens is 530 g/mol. The van der Waals surface area contributed by atoms with Gasteiger partial charge in [-0.3, -0.25) is 14.6 Å². The molecule has 3 amide bonds. The number of hydrogen-bond donors (Lipinski definition) is 2. The van der Waals surface area contributed by atoms with Crippen molar-refractivity contribution >= 4 is 57.7 Å². The van der Waals surface area contributed by atoms with Crippen molar-refractivity contribution in [3.63, 3.8) is 0 Å². The summed E-state index contributed by atoms with van der Waals surface area (Å²) in [5, 5.41) is 4.80. The molecule has 0 saturated carbocycles. The van der Waals surface area contributed by atoms with E-state index in [4.69, 9.17) is 16.6 Å². The van der Waals surface area contributed by atoms with Gasteiger partial charge in [0.25, 0.3) is 0 Å². The van der Waals surface area contributed by atoms with Crippen molar-refractivity contribution in [1.82, 2.24) is 34.3 Å². The average Bonchev–Trinajstić information content (AvgIpc) is 3.69. The molecule has 0 radical (unpaired) electrons. The monoisotopic (exact) mass is 559 g/mol. The second kappa shape index (κ2) is 10.3. The van der Waals surface area contributed by atoms with Crippen LogP contribution in [0, 0.1) is 0 Å². The first-order valence-corrected chi connectivity index (χ1v) is 13.6. The predicted octanol–water partition coefficient (Wildman–Crippen LogP) is 4.69. The van der Waals surface area contributed by atoms with Crippen molar-refractivity contribution in [2.24, 2.45) is 7.05 Å². The normalized spacial score (nSPS) is 15.3. The van der Waals surface area contributed by atoms with Crippen LogP contribution in [0.1, 0.15) is 36.5 Å². The second-order valence-corrected chi connectivity index (χ2v) is 10.5. The maximum Gasteiger partial charge on any atom is 0.330 e. The lowest BCUT2D eigenvalue weighted by atomic mass is 10.2. The van der Waals surface area contributed by atoms with E-state index in [-0.39, 0.29) is 11.9 Å². The molecule has 3 aromatic heterocycles. The van der Waals surface area contributed by atoms with Crippen LogP contribution >= 0.6 is 11.6 Å². The number of halogens is 1. The molecule has 40 heavy (non-hydrogen) atoms. The van der Waals surface area contributed by atoms with Crippen LogP contribution in [0.15, 0.2) is 43.1 Å². The van der Waals surface area contributed by atoms with E-state index >= 15 is 0 Å². The number of fused-ring (bicyclic) bond motifs is 2. The van der Waals surface area contributed by atoms with Crippen LogP contribution in [-0.2, 0) is 24.8 Å². The standard InChI is InChI=1S/C28H30ClN9O2/c1-17-25-26(36(3)28(40)38(17)16-18-15-19-20(29)7-6-8-21(19)31-18)34-27(35(25)2)33-23-11-12-30-22(32-23)9-10-24(39)37-13-4-5-14-37/h6-8,11-12,15,31H,1,4-5,9-10,13-14,16H2,2-3H3,(H,30,32,33,34). The third-order valence-corrected chi connectivity index (χ3v) is 7.80. The minimum absolute atomic E-state index is 0.141. The maximum absolute atomic E-state index is 13.4. The maximum atomic E-state index is 13.4. The molecule has 5 heterocycles. The highest BCUT2D eigenvalue weighted by Crippen LogP contribution is 2.37. The first kappa shape index (κ1) is 25.9. The Kier molecular flexibility index (Phi) is 6.67. The molecule has 2 N–H and O–H groups in total. The van der Waals surface area contributed by atoms with E-state index < -0.39 is 0 Å². The van der Waals surface area contributed by atoms with Crippen LogP contribution in [0.25, 0.3) is 16.6 Å². The summed E-state index contributed by atoms with van der Waals surface area (Å²) >= 11 is 6.35. The van der Waals surface area contributed by atoms with E-state index in [0.29, 0.717) is 59.2 Å². The molecule has 1 saturated heterocycles. The van der Waals surface area contributed by atoms with Crippen molar-refractivity contribution in [3.8, 4) is 0 Å². The number of urea groups is 1. The quantitative estimate of drug-likeness (QED) is 0.339. The topological polar surface area (TPSA) is 115 Å². The largest absolute Gasteiger partial charge is 0.357 e. The van der Waals surface area contributed by atoms with Gasteiger partial charge in [0.1, 0.15) is 17.3 Å². The molecule has 0 bridgehead atoms. The number of amides is 3. The Morgan fingerprint density at radius 3 is 2.75 bits per heavy atom. The van der Waals surface area contributed by atoms with Crippen molar-refractivity contribution in [2.45, 2.75) is 32.2 Å². The first-order chi connectivity index (χ1) is 19.3. The second-order valence-electron chi connectivity index (χ2n) is 10.1. The van der Waals surface area contributed by atoms with Gasteiger partial charge in [-0.05, 0) is 37.1 Å². The van der Waals surface area contributed by atoms with E-state index in [1.165, 1.54) is 4.90 Å². The molecule has 2 aliphatic heterocycles. The molecule has 6 rings (SSSR count). The zero-order valence-corrected chi connectivity index (χ0v) is 23.2. The number of anilines is 3. The van der Waals surface area contributed by atoms with Crippen LogP contribution in [0.3, 0.4) is 0 Å². The molecular formula is C28H30ClN9O2. The van der Waals surface area contributed by atoms with Gasteiger partial charge in [-0.25, -0.2) is 14.8 Å². The summed E-state index contributed by atoms with van der Waals surface area (Å²) < 4.78 is 1.86. The fourth-order valence-electron chi connectivity index (χ4n) is 5.31. The summed E-state index contributed by atoms with van der Waals surface area (Å²) in [6.45, 7) is 6.21. The molecule has 12 heteroatoms. The van der Waals surface area contributed by atoms with Gasteiger partial charge < -0.3 is 19.8 Å². The SMILES string of the molecule is C=C1c2c(nc(Nc3ccnc(CCC(=O)N4CCCC4)n3)n2C)N(C)C(=O)N1Cc1cc2c(Cl)cccc2[nH]1. The number of aryl methyl sites for hydroxylation is 1. The molecule has 0 atom stereocenters. The molecule has 11 nitrogen and oxygen atoms in total. The Balaban J connectivity index is 1.20. The van der Waals surface area contributed by atoms with Crippen LogP contribution in [0.2, 0.25) is 5.02 Å². The zero-order valence-electron chi connectivity index (χ0n) is 22.4. The Morgan fingerprint density at radius 1 is 1.18 bits per heavy atom. The number of carbonyl (C=O) groups is 2. The number of H-pyrrole nitrogens is 1. The summed E-state index contributed by atoms with van der Waals surface area (Å²) in [4.78, 5) is 47.8. The molecule has 0 aliphatic carbocycles. The van der Waals surface area contributed by atoms with Gasteiger partial charge in [-0.1, -0.05) is 24.2 Å². The van der Waals surface area contributed by atoms with Gasteiger partial charge in [0, 0.05) is 67.8 Å². The number of hydrogen-bond acceptors (Lipinski definition) is 6. The lowest BCUT2D eigenvalue weighted by molar-refractivity contribution is -0.130. The zero-order chi connectivity index (χ0) is 28.0. The van der Waals surface area contributed by atoms with Crippen molar-refractivity contribution in [3.05, 3.63) is 65.3 Å². The van der Waals surface area contributed by atoms with Gasteiger partial charge in [0.05, 0.1) is 12.2 Å². The summed E-state index contributed by atoms with van der Waals surface area (Å²) in [7, 11) is 3.56. The lowest BCUT2D eigenvalue weighted by Gasteiger charge is -2.34. The number of imidazole rings is 1. The van der Waals surface area contributed by atoms with Gasteiger partial charge in [-0.15, -0.1) is 0 Å². The number of nitrogens with one attached hydrogen (secondary N) is 2. The number of benzene rings is 1. The van der Waals surface area contributed by atoms with Crippen LogP contribution in [-0.4, -0.2) is 66.4 Å². The number of likely N-dealkylation sites (tertiary alicyclic amines) is 1. The van der Waals surface area contributed by atoms with Gasteiger partial charge in [-0.2, -0.15) is 4.98 Å². The fraction of sp³-hybridized carbons (Fsp3) is 0.321. The summed E-state index contributed by atoms with van der Waals surface area (Å²) in [5.74, 6) is 2.28. The highest BCUT2D eigenvalue weighted by Gasteiger charge is 2.36. The van der Waals surface area contributed by atoms with Gasteiger partial charge >= 0.3 is 6.03 Å². The summed E-state index contributed by atoms with van der Waals surface area (Å²) in [5.41, 5.74) is 2.99. The number of carbonyl (C=O) groups excluding carboxylic acids is 2. The fourth-order valence-corrected chi connectivity index (χ4v) is 5.54.